The first-order chi connectivity index (χ1) is 5.16. The van der Waals surface area contributed by atoms with Gasteiger partial charge in [-0.15, -0.1) is 0 Å². The lowest BCUT2D eigenvalue weighted by Crippen LogP contribution is -2.57. The van der Waals surface area contributed by atoms with Gasteiger partial charge in [-0.1, -0.05) is 6.92 Å². The van der Waals surface area contributed by atoms with Crippen molar-refractivity contribution in [2.24, 2.45) is 5.92 Å². The predicted octanol–water partition coefficient (Wildman–Crippen LogP) is -1.69. The van der Waals surface area contributed by atoms with Gasteiger partial charge in [0, 0.05) is 12.5 Å². The van der Waals surface area contributed by atoms with Crippen molar-refractivity contribution >= 4 is 0 Å². The number of nitrogens with one attached hydrogen (secondary N) is 1. The molecule has 0 radical (unpaired) electrons. The largest absolute Gasteiger partial charge is 0.395 e. The number of aliphatic hydroxyl groups is 3. The van der Waals surface area contributed by atoms with E-state index in [-0.39, 0.29) is 18.6 Å². The summed E-state index contributed by atoms with van der Waals surface area (Å²) in [5.41, 5.74) is 0. The molecule has 1 heterocycles. The minimum absolute atomic E-state index is 0.0851. The highest BCUT2D eigenvalue weighted by molar-refractivity contribution is 4.89. The van der Waals surface area contributed by atoms with Crippen molar-refractivity contribution in [2.75, 3.05) is 13.2 Å². The summed E-state index contributed by atoms with van der Waals surface area (Å²) >= 11 is 0. The third-order valence-corrected chi connectivity index (χ3v) is 2.34. The number of hydrogen-bond acceptors (Lipinski definition) is 4. The second-order valence-corrected chi connectivity index (χ2v) is 3.11. The maximum Gasteiger partial charge on any atom is 0.0766 e. The monoisotopic (exact) mass is 161 g/mol. The van der Waals surface area contributed by atoms with Crippen LogP contribution in [-0.2, 0) is 0 Å². The van der Waals surface area contributed by atoms with Crippen LogP contribution in [0.3, 0.4) is 0 Å². The Balaban J connectivity index is 2.52. The highest BCUT2D eigenvalue weighted by Gasteiger charge is 2.33. The number of piperidine rings is 1. The van der Waals surface area contributed by atoms with Crippen LogP contribution in [0.4, 0.5) is 0 Å². The predicted molar refractivity (Wildman–Crippen MR) is 40.1 cm³/mol. The molecule has 4 heteroatoms. The van der Waals surface area contributed by atoms with E-state index in [1.165, 1.54) is 0 Å². The zero-order chi connectivity index (χ0) is 8.43. The van der Waals surface area contributed by atoms with Crippen LogP contribution in [0.2, 0.25) is 0 Å². The Morgan fingerprint density at radius 2 is 2.09 bits per heavy atom. The van der Waals surface area contributed by atoms with Gasteiger partial charge in [-0.05, 0) is 0 Å². The van der Waals surface area contributed by atoms with Gasteiger partial charge in [-0.25, -0.2) is 0 Å². The SMILES string of the molecule is C[C@H]1[C@H](O)[C@@H](CO)NC[C@@H]1O. The Morgan fingerprint density at radius 1 is 1.45 bits per heavy atom. The molecule has 0 aromatic rings. The van der Waals surface area contributed by atoms with E-state index >= 15 is 0 Å². The van der Waals surface area contributed by atoms with Gasteiger partial charge in [0.1, 0.15) is 0 Å². The fourth-order valence-corrected chi connectivity index (χ4v) is 1.35. The van der Waals surface area contributed by atoms with Crippen molar-refractivity contribution in [3.8, 4) is 0 Å². The van der Waals surface area contributed by atoms with Crippen molar-refractivity contribution in [1.29, 1.82) is 0 Å². The summed E-state index contributed by atoms with van der Waals surface area (Å²) < 4.78 is 0. The van der Waals surface area contributed by atoms with Gasteiger partial charge in [0.2, 0.25) is 0 Å². The molecule has 0 aliphatic carbocycles. The molecule has 1 aliphatic rings. The molecule has 0 saturated carbocycles. The summed E-state index contributed by atoms with van der Waals surface area (Å²) in [6.07, 6.45) is -1.16. The summed E-state index contributed by atoms with van der Waals surface area (Å²) in [5, 5.41) is 30.3. The van der Waals surface area contributed by atoms with E-state index in [2.05, 4.69) is 5.32 Å². The molecule has 1 rings (SSSR count). The van der Waals surface area contributed by atoms with E-state index in [4.69, 9.17) is 5.11 Å². The normalized spacial score (nSPS) is 45.8. The fourth-order valence-electron chi connectivity index (χ4n) is 1.35. The third kappa shape index (κ3) is 1.70. The van der Waals surface area contributed by atoms with E-state index in [1.807, 2.05) is 0 Å². The molecule has 0 bridgehead atoms. The number of β-amino-alcohol motifs (C(OH)–C–C–N with tert-alkyl or cyclic N) is 1. The summed E-state index contributed by atoms with van der Waals surface area (Å²) in [6.45, 7) is 2.14. The number of hydrogen-bond donors (Lipinski definition) is 4. The maximum absolute atomic E-state index is 9.43. The molecule has 66 valence electrons. The molecule has 4 N–H and O–H groups in total. The molecule has 4 nitrogen and oxygen atoms in total. The first-order valence-corrected chi connectivity index (χ1v) is 3.87. The Kier molecular flexibility index (Phi) is 2.84. The molecule has 1 aliphatic heterocycles. The second kappa shape index (κ2) is 3.49. The minimum Gasteiger partial charge on any atom is -0.395 e. The van der Waals surface area contributed by atoms with Crippen molar-refractivity contribution in [2.45, 2.75) is 25.2 Å². The van der Waals surface area contributed by atoms with Gasteiger partial charge in [0.05, 0.1) is 24.9 Å². The fraction of sp³-hybridized carbons (Fsp3) is 1.00. The lowest BCUT2D eigenvalue weighted by molar-refractivity contribution is -0.0405. The van der Waals surface area contributed by atoms with E-state index in [1.54, 1.807) is 6.92 Å². The van der Waals surface area contributed by atoms with Crippen LogP contribution in [0.25, 0.3) is 0 Å². The summed E-state index contributed by atoms with van der Waals surface area (Å²) in [5.74, 6) is -0.159. The molecule has 0 spiro atoms. The van der Waals surface area contributed by atoms with Crippen LogP contribution in [0.5, 0.6) is 0 Å². The molecule has 0 amide bonds. The molecule has 1 saturated heterocycles. The first-order valence-electron chi connectivity index (χ1n) is 3.87. The van der Waals surface area contributed by atoms with Gasteiger partial charge in [0.25, 0.3) is 0 Å². The molecule has 0 unspecified atom stereocenters. The average Bonchev–Trinajstić information content (AvgIpc) is 2.01. The smallest absolute Gasteiger partial charge is 0.0766 e. The van der Waals surface area contributed by atoms with Crippen molar-refractivity contribution in [1.82, 2.24) is 5.32 Å². The number of rotatable bonds is 1. The molecular weight excluding hydrogens is 146 g/mol. The molecular formula is C7H15NO3. The third-order valence-electron chi connectivity index (χ3n) is 2.34. The van der Waals surface area contributed by atoms with Gasteiger partial charge in [-0.2, -0.15) is 0 Å². The van der Waals surface area contributed by atoms with Gasteiger partial charge >= 0.3 is 0 Å². The van der Waals surface area contributed by atoms with Crippen LogP contribution < -0.4 is 5.32 Å². The van der Waals surface area contributed by atoms with Crippen molar-refractivity contribution in [3.05, 3.63) is 0 Å². The summed E-state index contributed by atoms with van der Waals surface area (Å²) in [6, 6.07) is -0.284. The lowest BCUT2D eigenvalue weighted by atomic mass is 9.89. The highest BCUT2D eigenvalue weighted by Crippen LogP contribution is 2.16. The zero-order valence-electron chi connectivity index (χ0n) is 6.57. The average molecular weight is 161 g/mol. The lowest BCUT2D eigenvalue weighted by Gasteiger charge is -2.36. The number of aliphatic hydroxyl groups excluding tert-OH is 3. The van der Waals surface area contributed by atoms with Crippen LogP contribution in [0.1, 0.15) is 6.92 Å². The Hall–Kier alpha value is -0.160. The van der Waals surface area contributed by atoms with Gasteiger partial charge in [0.15, 0.2) is 0 Å². The Morgan fingerprint density at radius 3 is 2.64 bits per heavy atom. The van der Waals surface area contributed by atoms with Crippen molar-refractivity contribution in [3.63, 3.8) is 0 Å². The van der Waals surface area contributed by atoms with Gasteiger partial charge < -0.3 is 20.6 Å². The second-order valence-electron chi connectivity index (χ2n) is 3.11. The van der Waals surface area contributed by atoms with Crippen LogP contribution in [0.15, 0.2) is 0 Å². The van der Waals surface area contributed by atoms with E-state index in [0.717, 1.165) is 0 Å². The van der Waals surface area contributed by atoms with Crippen LogP contribution in [-0.4, -0.2) is 46.7 Å². The summed E-state index contributed by atoms with van der Waals surface area (Å²) in [7, 11) is 0. The first kappa shape index (κ1) is 8.93. The van der Waals surface area contributed by atoms with E-state index in [9.17, 15) is 10.2 Å². The quantitative estimate of drug-likeness (QED) is 0.370. The minimum atomic E-state index is -0.649. The highest BCUT2D eigenvalue weighted by atomic mass is 16.3. The molecule has 11 heavy (non-hydrogen) atoms. The topological polar surface area (TPSA) is 72.7 Å². The summed E-state index contributed by atoms with van der Waals surface area (Å²) in [4.78, 5) is 0. The molecule has 4 atom stereocenters. The maximum atomic E-state index is 9.43. The van der Waals surface area contributed by atoms with E-state index < -0.39 is 12.2 Å². The van der Waals surface area contributed by atoms with Crippen LogP contribution in [0, 0.1) is 5.92 Å². The standard InChI is InChI=1S/C7H15NO3/c1-4-6(10)2-8-5(3-9)7(4)11/h4-11H,2-3H2,1H3/t4-,5-,6+,7+/m1/s1. The Labute approximate surface area is 65.9 Å². The molecule has 0 aromatic heterocycles. The van der Waals surface area contributed by atoms with Crippen molar-refractivity contribution < 1.29 is 15.3 Å². The van der Waals surface area contributed by atoms with Gasteiger partial charge in [-0.3, -0.25) is 0 Å². The molecule has 0 aromatic carbocycles. The molecule has 1 fully saturated rings. The Bertz CT molecular complexity index is 129. The van der Waals surface area contributed by atoms with E-state index in [0.29, 0.717) is 6.54 Å². The zero-order valence-corrected chi connectivity index (χ0v) is 6.57. The van der Waals surface area contributed by atoms with Crippen LogP contribution >= 0.6 is 0 Å².